The van der Waals surface area contributed by atoms with E-state index in [1.807, 2.05) is 0 Å². The second kappa shape index (κ2) is 7.53. The molecule has 0 unspecified atom stereocenters. The van der Waals surface area contributed by atoms with Gasteiger partial charge in [0.05, 0.1) is 17.3 Å². The van der Waals surface area contributed by atoms with Crippen LogP contribution in [0, 0.1) is 5.92 Å². The average Bonchev–Trinajstić information content (AvgIpc) is 2.45. The van der Waals surface area contributed by atoms with E-state index in [9.17, 15) is 23.4 Å². The molecule has 0 fully saturated rings. The van der Waals surface area contributed by atoms with Crippen LogP contribution in [0.2, 0.25) is 0 Å². The molecule has 4 nitrogen and oxygen atoms in total. The fourth-order valence-electron chi connectivity index (χ4n) is 2.33. The molecule has 132 valence electrons. The van der Waals surface area contributed by atoms with Crippen molar-refractivity contribution in [2.75, 3.05) is 11.5 Å². The van der Waals surface area contributed by atoms with Gasteiger partial charge in [0.25, 0.3) is 0 Å². The van der Waals surface area contributed by atoms with Crippen molar-refractivity contribution in [2.45, 2.75) is 19.0 Å². The Morgan fingerprint density at radius 1 is 0.833 bits per heavy atom. The minimum absolute atomic E-state index is 0. The van der Waals surface area contributed by atoms with Gasteiger partial charge in [-0.3, -0.25) is 0 Å². The molecule has 0 amide bonds. The van der Waals surface area contributed by atoms with Gasteiger partial charge in [-0.15, -0.1) is 12.4 Å². The zero-order valence-electron chi connectivity index (χ0n) is 12.5. The molecule has 0 heterocycles. The first-order valence-electron chi connectivity index (χ1n) is 6.88. The van der Waals surface area contributed by atoms with Crippen molar-refractivity contribution in [2.24, 2.45) is 5.92 Å². The lowest BCUT2D eigenvalue weighted by Crippen LogP contribution is -2.27. The fraction of sp³-hybridized carbons (Fsp3) is 0.250. The summed E-state index contributed by atoms with van der Waals surface area (Å²) < 4.78 is 39.9. The lowest BCUT2D eigenvalue weighted by atomic mass is 9.91. The molecular weight excluding hydrogens is 345 g/mol. The topological polar surface area (TPSA) is 92.5 Å². The van der Waals surface area contributed by atoms with Crippen LogP contribution in [0.25, 0.3) is 0 Å². The molecule has 8 heteroatoms. The molecule has 0 aliphatic carbocycles. The Bertz CT molecular complexity index is 655. The molecule has 0 atom stereocenters. The normalized spacial score (nSPS) is 11.3. The quantitative estimate of drug-likeness (QED) is 0.493. The number of hydrogen-bond acceptors (Lipinski definition) is 4. The van der Waals surface area contributed by atoms with Crippen molar-refractivity contribution in [1.29, 1.82) is 0 Å². The smallest absolute Gasteiger partial charge is 0.392 e. The van der Waals surface area contributed by atoms with Crippen LogP contribution in [0.4, 0.5) is 24.5 Å². The average molecular weight is 363 g/mol. The van der Waals surface area contributed by atoms with E-state index in [0.717, 1.165) is 0 Å². The van der Waals surface area contributed by atoms with Gasteiger partial charge in [0.15, 0.2) is 0 Å². The Balaban J connectivity index is 0.00000288. The van der Waals surface area contributed by atoms with Gasteiger partial charge in [-0.25, -0.2) is 0 Å². The number of hydrogen-bond donors (Lipinski definition) is 4. The molecule has 2 aromatic rings. The van der Waals surface area contributed by atoms with Crippen LogP contribution in [0.15, 0.2) is 36.4 Å². The molecule has 0 spiro atoms. The van der Waals surface area contributed by atoms with Crippen molar-refractivity contribution < 1.29 is 23.4 Å². The summed E-state index contributed by atoms with van der Waals surface area (Å²) in [4.78, 5) is 0. The maximum atomic E-state index is 13.3. The van der Waals surface area contributed by atoms with E-state index in [0.29, 0.717) is 11.1 Å². The first-order chi connectivity index (χ1) is 10.7. The number of anilines is 2. The van der Waals surface area contributed by atoms with Gasteiger partial charge < -0.3 is 21.7 Å². The molecule has 0 aliphatic heterocycles. The molecule has 0 aliphatic rings. The van der Waals surface area contributed by atoms with E-state index < -0.39 is 12.1 Å². The van der Waals surface area contributed by atoms with Gasteiger partial charge in [-0.05, 0) is 48.2 Å². The van der Waals surface area contributed by atoms with Gasteiger partial charge in [0.2, 0.25) is 0 Å². The number of aromatic hydroxyl groups is 2. The number of nitrogens with two attached hydrogens (primary N) is 2. The molecule has 2 aromatic carbocycles. The maximum absolute atomic E-state index is 13.3. The van der Waals surface area contributed by atoms with Crippen molar-refractivity contribution >= 4 is 23.8 Å². The van der Waals surface area contributed by atoms with E-state index in [4.69, 9.17) is 11.5 Å². The predicted octanol–water partition coefficient (Wildman–Crippen LogP) is 3.65. The summed E-state index contributed by atoms with van der Waals surface area (Å²) in [6.07, 6.45) is -4.94. The first kappa shape index (κ1) is 19.8. The molecule has 6 N–H and O–H groups in total. The molecular formula is C16H18ClF3N2O2. The second-order valence-electron chi connectivity index (χ2n) is 5.43. The highest BCUT2D eigenvalue weighted by Crippen LogP contribution is 2.34. The number of benzene rings is 2. The molecule has 24 heavy (non-hydrogen) atoms. The van der Waals surface area contributed by atoms with Crippen LogP contribution in [0.5, 0.6) is 11.5 Å². The van der Waals surface area contributed by atoms with Gasteiger partial charge in [0.1, 0.15) is 11.5 Å². The number of alkyl halides is 3. The van der Waals surface area contributed by atoms with Gasteiger partial charge in [-0.2, -0.15) is 13.2 Å². The summed E-state index contributed by atoms with van der Waals surface area (Å²) >= 11 is 0. The molecule has 0 radical (unpaired) electrons. The molecule has 0 bridgehead atoms. The van der Waals surface area contributed by atoms with Crippen LogP contribution >= 0.6 is 12.4 Å². The Morgan fingerprint density at radius 2 is 1.21 bits per heavy atom. The Labute approximate surface area is 143 Å². The summed E-state index contributed by atoms with van der Waals surface area (Å²) in [5.41, 5.74) is 11.9. The van der Waals surface area contributed by atoms with Crippen LogP contribution in [0.3, 0.4) is 0 Å². The second-order valence-corrected chi connectivity index (χ2v) is 5.43. The van der Waals surface area contributed by atoms with Crippen LogP contribution in [0.1, 0.15) is 11.1 Å². The third-order valence-electron chi connectivity index (χ3n) is 3.61. The molecule has 0 aromatic heterocycles. The van der Waals surface area contributed by atoms with E-state index in [1.54, 1.807) is 0 Å². The lowest BCUT2D eigenvalue weighted by Gasteiger charge is -2.21. The van der Waals surface area contributed by atoms with Crippen molar-refractivity contribution in [1.82, 2.24) is 0 Å². The monoisotopic (exact) mass is 362 g/mol. The van der Waals surface area contributed by atoms with E-state index in [-0.39, 0.29) is 48.1 Å². The van der Waals surface area contributed by atoms with Crippen molar-refractivity contribution in [3.63, 3.8) is 0 Å². The Kier molecular flexibility index (Phi) is 6.20. The summed E-state index contributed by atoms with van der Waals surface area (Å²) in [5, 5.41) is 18.7. The van der Waals surface area contributed by atoms with Crippen LogP contribution < -0.4 is 11.5 Å². The standard InChI is InChI=1S/C16H17F3N2O2.ClH/c17-16(18,19)11(5-9-1-3-14(22)12(20)7-9)6-10-2-4-15(23)13(21)8-10;/h1-4,7-8,11,22-23H,5-6,20-21H2;1H. The zero-order chi connectivity index (χ0) is 17.2. The van der Waals surface area contributed by atoms with Crippen molar-refractivity contribution in [3.8, 4) is 11.5 Å². The van der Waals surface area contributed by atoms with Gasteiger partial charge in [-0.1, -0.05) is 12.1 Å². The number of nitrogen functional groups attached to an aromatic ring is 2. The number of phenols is 2. The SMILES string of the molecule is Cl.Nc1cc(CC(Cc2ccc(O)c(N)c2)C(F)(F)F)ccc1O. The first-order valence-corrected chi connectivity index (χ1v) is 6.88. The van der Waals surface area contributed by atoms with E-state index >= 15 is 0 Å². The number of rotatable bonds is 4. The molecule has 0 saturated carbocycles. The lowest BCUT2D eigenvalue weighted by molar-refractivity contribution is -0.173. The number of phenolic OH excluding ortho intramolecular Hbond substituents is 2. The summed E-state index contributed by atoms with van der Waals surface area (Å²) in [5.74, 6) is -1.96. The largest absolute Gasteiger partial charge is 0.506 e. The maximum Gasteiger partial charge on any atom is 0.392 e. The third kappa shape index (κ3) is 4.86. The van der Waals surface area contributed by atoms with Gasteiger partial charge >= 0.3 is 6.18 Å². The fourth-order valence-corrected chi connectivity index (χ4v) is 2.33. The van der Waals surface area contributed by atoms with E-state index in [1.165, 1.54) is 36.4 Å². The van der Waals surface area contributed by atoms with Crippen LogP contribution in [-0.2, 0) is 12.8 Å². The van der Waals surface area contributed by atoms with E-state index in [2.05, 4.69) is 0 Å². The Hall–Kier alpha value is -2.28. The molecule has 2 rings (SSSR count). The van der Waals surface area contributed by atoms with Crippen LogP contribution in [-0.4, -0.2) is 16.4 Å². The minimum Gasteiger partial charge on any atom is -0.506 e. The van der Waals surface area contributed by atoms with Crippen molar-refractivity contribution in [3.05, 3.63) is 47.5 Å². The third-order valence-corrected chi connectivity index (χ3v) is 3.61. The summed E-state index contributed by atoms with van der Waals surface area (Å²) in [6, 6.07) is 8.04. The molecule has 0 saturated heterocycles. The highest BCUT2D eigenvalue weighted by Gasteiger charge is 2.39. The highest BCUT2D eigenvalue weighted by molar-refractivity contribution is 5.85. The summed E-state index contributed by atoms with van der Waals surface area (Å²) in [7, 11) is 0. The predicted molar refractivity (Wildman–Crippen MR) is 89.2 cm³/mol. The minimum atomic E-state index is -4.40. The summed E-state index contributed by atoms with van der Waals surface area (Å²) in [6.45, 7) is 0. The Morgan fingerprint density at radius 3 is 1.50 bits per heavy atom. The van der Waals surface area contributed by atoms with Gasteiger partial charge in [0, 0.05) is 0 Å². The highest BCUT2D eigenvalue weighted by atomic mass is 35.5. The number of halogens is 4. The zero-order valence-corrected chi connectivity index (χ0v) is 13.4.